The lowest BCUT2D eigenvalue weighted by molar-refractivity contribution is 0.0954. The highest BCUT2D eigenvalue weighted by molar-refractivity contribution is 9.10. The lowest BCUT2D eigenvalue weighted by Gasteiger charge is -2.14. The van der Waals surface area contributed by atoms with E-state index in [2.05, 4.69) is 62.4 Å². The van der Waals surface area contributed by atoms with Crippen LogP contribution < -0.4 is 10.6 Å². The van der Waals surface area contributed by atoms with Crippen LogP contribution in [0.15, 0.2) is 70.3 Å². The molecule has 8 heteroatoms. The van der Waals surface area contributed by atoms with Crippen molar-refractivity contribution in [3.05, 3.63) is 87.5 Å². The van der Waals surface area contributed by atoms with Crippen molar-refractivity contribution >= 4 is 40.2 Å². The average molecular weight is 491 g/mol. The molecule has 1 heterocycles. The minimum atomic E-state index is -0.232. The summed E-state index contributed by atoms with van der Waals surface area (Å²) in [6.07, 6.45) is 4.41. The predicted octanol–water partition coefficient (Wildman–Crippen LogP) is 4.22. The Morgan fingerprint density at radius 1 is 1.25 bits per heavy atom. The van der Waals surface area contributed by atoms with E-state index < -0.39 is 0 Å². The number of nitriles is 1. The highest BCUT2D eigenvalue weighted by Crippen LogP contribution is 2.26. The number of aromatic nitrogens is 2. The normalized spacial score (nSPS) is 11.0. The minimum absolute atomic E-state index is 0.232. The van der Waals surface area contributed by atoms with Crippen molar-refractivity contribution in [1.82, 2.24) is 20.4 Å². The Balaban J connectivity index is 1.69. The number of amides is 1. The van der Waals surface area contributed by atoms with Crippen LogP contribution in [0.25, 0.3) is 5.82 Å². The summed E-state index contributed by atoms with van der Waals surface area (Å²) in [5.41, 5.74) is 3.31. The van der Waals surface area contributed by atoms with Gasteiger partial charge >= 0.3 is 0 Å². The van der Waals surface area contributed by atoms with Crippen LogP contribution in [0.1, 0.15) is 27.0 Å². The molecule has 32 heavy (non-hydrogen) atoms. The van der Waals surface area contributed by atoms with Gasteiger partial charge in [0.1, 0.15) is 5.82 Å². The van der Waals surface area contributed by atoms with E-state index in [-0.39, 0.29) is 5.91 Å². The zero-order valence-corrected chi connectivity index (χ0v) is 19.3. The van der Waals surface area contributed by atoms with Crippen molar-refractivity contribution in [3.8, 4) is 6.07 Å². The Morgan fingerprint density at radius 3 is 2.78 bits per heavy atom. The van der Waals surface area contributed by atoms with Crippen LogP contribution in [-0.2, 0) is 6.42 Å². The summed E-state index contributed by atoms with van der Waals surface area (Å²) in [6, 6.07) is 16.8. The van der Waals surface area contributed by atoms with Gasteiger partial charge in [0, 0.05) is 18.7 Å². The smallest absolute Gasteiger partial charge is 0.251 e. The molecule has 0 saturated heterocycles. The Bertz CT molecular complexity index is 1190. The van der Waals surface area contributed by atoms with Crippen molar-refractivity contribution in [2.24, 2.45) is 4.99 Å². The average Bonchev–Trinajstić information content (AvgIpc) is 3.19. The quantitative estimate of drug-likeness (QED) is 0.346. The lowest BCUT2D eigenvalue weighted by Crippen LogP contribution is -2.32. The highest BCUT2D eigenvalue weighted by atomic mass is 79.9. The Kier molecular flexibility index (Phi) is 7.95. The fourth-order valence-corrected chi connectivity index (χ4v) is 3.50. The van der Waals surface area contributed by atoms with Crippen LogP contribution in [0, 0.1) is 18.3 Å². The van der Waals surface area contributed by atoms with Crippen LogP contribution in [0.4, 0.5) is 5.82 Å². The molecule has 3 aromatic rings. The molecule has 1 amide bonds. The van der Waals surface area contributed by atoms with E-state index >= 15 is 0 Å². The van der Waals surface area contributed by atoms with Gasteiger partial charge in [0.2, 0.25) is 0 Å². The molecular formula is C24H23BrN6O. The maximum absolute atomic E-state index is 12.4. The summed E-state index contributed by atoms with van der Waals surface area (Å²) < 4.78 is 2.41. The molecule has 0 aliphatic heterocycles. The zero-order chi connectivity index (χ0) is 22.9. The van der Waals surface area contributed by atoms with Crippen molar-refractivity contribution in [3.63, 3.8) is 0 Å². The van der Waals surface area contributed by atoms with Crippen molar-refractivity contribution in [1.29, 1.82) is 5.26 Å². The summed E-state index contributed by atoms with van der Waals surface area (Å²) in [4.78, 5) is 16.4. The van der Waals surface area contributed by atoms with E-state index in [0.29, 0.717) is 36.5 Å². The third kappa shape index (κ3) is 5.71. The fourth-order valence-electron chi connectivity index (χ4n) is 3.12. The monoisotopic (exact) mass is 490 g/mol. The van der Waals surface area contributed by atoms with Gasteiger partial charge in [-0.25, -0.2) is 4.99 Å². The van der Waals surface area contributed by atoms with Gasteiger partial charge in [-0.1, -0.05) is 30.3 Å². The number of nitrogens with zero attached hydrogens (tertiary/aromatic N) is 4. The molecule has 0 unspecified atom stereocenters. The van der Waals surface area contributed by atoms with E-state index in [1.807, 2.05) is 24.3 Å². The van der Waals surface area contributed by atoms with Crippen LogP contribution in [0.5, 0.6) is 0 Å². The second kappa shape index (κ2) is 11.1. The number of carbonyl (C=O) groups is 1. The Labute approximate surface area is 195 Å². The van der Waals surface area contributed by atoms with E-state index in [1.165, 1.54) is 11.1 Å². The molecule has 0 spiro atoms. The number of nitrogens with one attached hydrogen (secondary N) is 2. The topological polar surface area (TPSA) is 95.1 Å². The largest absolute Gasteiger partial charge is 0.368 e. The maximum Gasteiger partial charge on any atom is 0.251 e. The van der Waals surface area contributed by atoms with Crippen LogP contribution in [0.3, 0.4) is 0 Å². The van der Waals surface area contributed by atoms with Gasteiger partial charge in [0.05, 0.1) is 22.3 Å². The number of benzene rings is 2. The summed E-state index contributed by atoms with van der Waals surface area (Å²) in [7, 11) is 0. The Hall–Kier alpha value is -3.70. The molecule has 0 radical (unpaired) electrons. The molecule has 0 bridgehead atoms. The van der Waals surface area contributed by atoms with Crippen LogP contribution >= 0.6 is 15.9 Å². The van der Waals surface area contributed by atoms with E-state index in [9.17, 15) is 4.79 Å². The molecule has 3 rings (SSSR count). The summed E-state index contributed by atoms with van der Waals surface area (Å²) in [5, 5.41) is 19.6. The summed E-state index contributed by atoms with van der Waals surface area (Å²) >= 11 is 3.44. The van der Waals surface area contributed by atoms with Gasteiger partial charge in [0.25, 0.3) is 5.91 Å². The Morgan fingerprint density at radius 2 is 2.03 bits per heavy atom. The highest BCUT2D eigenvalue weighted by Gasteiger charge is 2.12. The number of allylic oxidation sites excluding steroid dienone is 1. The molecule has 162 valence electrons. The van der Waals surface area contributed by atoms with Crippen molar-refractivity contribution in [2.45, 2.75) is 13.3 Å². The lowest BCUT2D eigenvalue weighted by atomic mass is 10.1. The SMILES string of the molecule is C=Nc1c(Br)cnn1/C(=C\Cc1ccccc1C)NCCNC(=O)c1cccc(C#N)c1. The molecule has 2 aromatic carbocycles. The van der Waals surface area contributed by atoms with Crippen molar-refractivity contribution in [2.75, 3.05) is 13.1 Å². The van der Waals surface area contributed by atoms with Gasteiger partial charge in [-0.3, -0.25) is 4.79 Å². The summed E-state index contributed by atoms with van der Waals surface area (Å²) in [5.74, 6) is 1.09. The molecule has 0 atom stereocenters. The summed E-state index contributed by atoms with van der Waals surface area (Å²) in [6.45, 7) is 6.56. The molecule has 7 nitrogen and oxygen atoms in total. The van der Waals surface area contributed by atoms with E-state index in [4.69, 9.17) is 5.26 Å². The first-order valence-corrected chi connectivity index (χ1v) is 10.8. The molecule has 0 aliphatic rings. The number of hydrogen-bond donors (Lipinski definition) is 2. The fraction of sp³-hybridized carbons (Fsp3) is 0.167. The van der Waals surface area contributed by atoms with Gasteiger partial charge in [-0.2, -0.15) is 15.0 Å². The van der Waals surface area contributed by atoms with Gasteiger partial charge in [-0.05, 0) is 71.4 Å². The first kappa shape index (κ1) is 23.0. The minimum Gasteiger partial charge on any atom is -0.368 e. The first-order valence-electron chi connectivity index (χ1n) is 10.0. The third-order valence-corrected chi connectivity index (χ3v) is 5.39. The number of carbonyl (C=O) groups excluding carboxylic acids is 1. The number of rotatable bonds is 9. The molecule has 1 aromatic heterocycles. The number of aryl methyl sites for hydroxylation is 1. The van der Waals surface area contributed by atoms with Gasteiger partial charge in [0.15, 0.2) is 5.82 Å². The van der Waals surface area contributed by atoms with E-state index in [0.717, 1.165) is 10.3 Å². The molecule has 2 N–H and O–H groups in total. The van der Waals surface area contributed by atoms with Crippen LogP contribution in [-0.4, -0.2) is 35.5 Å². The second-order valence-corrected chi connectivity index (χ2v) is 7.84. The van der Waals surface area contributed by atoms with Gasteiger partial charge in [-0.15, -0.1) is 0 Å². The predicted molar refractivity (Wildman–Crippen MR) is 130 cm³/mol. The first-order chi connectivity index (χ1) is 15.5. The number of hydrogen-bond acceptors (Lipinski definition) is 5. The molecule has 0 aliphatic carbocycles. The number of halogens is 1. The van der Waals surface area contributed by atoms with Gasteiger partial charge < -0.3 is 10.6 Å². The van der Waals surface area contributed by atoms with E-state index in [1.54, 1.807) is 35.1 Å². The number of aliphatic imine (C=N–C) groups is 1. The third-order valence-electron chi connectivity index (χ3n) is 4.83. The van der Waals surface area contributed by atoms with Crippen molar-refractivity contribution < 1.29 is 4.79 Å². The second-order valence-electron chi connectivity index (χ2n) is 6.98. The molecular weight excluding hydrogens is 468 g/mol. The zero-order valence-electron chi connectivity index (χ0n) is 17.7. The molecule has 0 fully saturated rings. The maximum atomic E-state index is 12.4. The molecule has 0 saturated carbocycles. The standard InChI is InChI=1S/C24H23BrN6O/c1-17-6-3-4-8-19(17)10-11-22(31-23(27-2)21(25)16-30-31)28-12-13-29-24(32)20-9-5-7-18(14-20)15-26/h3-9,11,14,16,28H,2,10,12-13H2,1H3,(H,29,32)/b22-11-. The van der Waals surface area contributed by atoms with Crippen LogP contribution in [0.2, 0.25) is 0 Å².